The van der Waals surface area contributed by atoms with Gasteiger partial charge in [-0.05, 0) is 42.5 Å². The van der Waals surface area contributed by atoms with Crippen molar-refractivity contribution in [1.82, 2.24) is 24.6 Å². The molecule has 4 aromatic heterocycles. The quantitative estimate of drug-likeness (QED) is 0.610. The number of pyridine rings is 2. The summed E-state index contributed by atoms with van der Waals surface area (Å²) >= 11 is 0. The second-order valence-electron chi connectivity index (χ2n) is 7.83. The molecule has 0 aromatic carbocycles. The van der Waals surface area contributed by atoms with Crippen LogP contribution in [0.4, 0.5) is 5.95 Å². The van der Waals surface area contributed by atoms with Crippen LogP contribution in [-0.4, -0.2) is 30.6 Å². The Labute approximate surface area is 151 Å². The Morgan fingerprint density at radius 2 is 2.00 bits per heavy atom. The zero-order valence-electron chi connectivity index (χ0n) is 14.8. The summed E-state index contributed by atoms with van der Waals surface area (Å²) in [6, 6.07) is 8.58. The third-order valence-electron chi connectivity index (χ3n) is 5.11. The van der Waals surface area contributed by atoms with E-state index in [1.54, 1.807) is 6.20 Å². The van der Waals surface area contributed by atoms with Gasteiger partial charge in [-0.3, -0.25) is 0 Å². The summed E-state index contributed by atoms with van der Waals surface area (Å²) < 4.78 is 1.88. The number of aromatic nitrogens is 5. The van der Waals surface area contributed by atoms with Crippen molar-refractivity contribution >= 4 is 22.5 Å². The third-order valence-corrected chi connectivity index (χ3v) is 5.11. The number of nitrogens with zero attached hydrogens (tertiary/aromatic N) is 5. The molecule has 4 aromatic rings. The highest BCUT2D eigenvalue weighted by Gasteiger charge is 2.36. The predicted octanol–water partition coefficient (Wildman–Crippen LogP) is 3.94. The van der Waals surface area contributed by atoms with Gasteiger partial charge in [0.15, 0.2) is 5.65 Å². The van der Waals surface area contributed by atoms with Gasteiger partial charge in [0, 0.05) is 41.1 Å². The van der Waals surface area contributed by atoms with E-state index >= 15 is 0 Å². The lowest BCUT2D eigenvalue weighted by atomic mass is 9.68. The summed E-state index contributed by atoms with van der Waals surface area (Å²) in [5, 5.41) is 9.07. The lowest BCUT2D eigenvalue weighted by Gasteiger charge is -2.42. The van der Waals surface area contributed by atoms with E-state index in [1.807, 2.05) is 35.2 Å². The van der Waals surface area contributed by atoms with E-state index in [-0.39, 0.29) is 0 Å². The van der Waals surface area contributed by atoms with E-state index in [0.29, 0.717) is 17.4 Å². The molecule has 1 aliphatic carbocycles. The Morgan fingerprint density at radius 3 is 2.85 bits per heavy atom. The lowest BCUT2D eigenvalue weighted by Crippen LogP contribution is -2.41. The van der Waals surface area contributed by atoms with Gasteiger partial charge in [0.2, 0.25) is 5.95 Å². The number of hydrogen-bond donors (Lipinski definition) is 1. The molecule has 0 bridgehead atoms. The van der Waals surface area contributed by atoms with Gasteiger partial charge in [-0.25, -0.2) is 19.5 Å². The van der Waals surface area contributed by atoms with Crippen molar-refractivity contribution in [2.75, 3.05) is 5.32 Å². The Morgan fingerprint density at radius 1 is 1.12 bits per heavy atom. The van der Waals surface area contributed by atoms with Crippen LogP contribution in [0.15, 0.2) is 49.1 Å². The molecule has 0 spiro atoms. The summed E-state index contributed by atoms with van der Waals surface area (Å²) in [5.74, 6) is 0.681. The molecule has 0 aliphatic heterocycles. The fourth-order valence-electron chi connectivity index (χ4n) is 3.88. The molecular formula is C20H20N6. The largest absolute Gasteiger partial charge is 0.350 e. The fraction of sp³-hybridized carbons (Fsp3) is 0.300. The summed E-state index contributed by atoms with van der Waals surface area (Å²) in [4.78, 5) is 13.3. The van der Waals surface area contributed by atoms with Crippen LogP contribution < -0.4 is 5.32 Å². The highest BCUT2D eigenvalue weighted by molar-refractivity contribution is 5.86. The van der Waals surface area contributed by atoms with Crippen molar-refractivity contribution in [3.8, 4) is 11.1 Å². The van der Waals surface area contributed by atoms with E-state index < -0.39 is 0 Å². The fourth-order valence-corrected chi connectivity index (χ4v) is 3.88. The predicted molar refractivity (Wildman–Crippen MR) is 102 cm³/mol. The smallest absolute Gasteiger partial charge is 0.241 e. The second kappa shape index (κ2) is 5.49. The number of nitrogens with one attached hydrogen (secondary N) is 1. The number of fused-ring (bicyclic) bond motifs is 2. The molecule has 1 N–H and O–H groups in total. The molecule has 0 amide bonds. The van der Waals surface area contributed by atoms with Crippen molar-refractivity contribution < 1.29 is 0 Å². The maximum absolute atomic E-state index is 4.61. The molecule has 0 saturated heterocycles. The van der Waals surface area contributed by atoms with E-state index in [4.69, 9.17) is 0 Å². The molecular weight excluding hydrogens is 324 g/mol. The maximum atomic E-state index is 4.61. The van der Waals surface area contributed by atoms with Crippen LogP contribution in [-0.2, 0) is 0 Å². The van der Waals surface area contributed by atoms with E-state index in [1.165, 1.54) is 0 Å². The zero-order valence-corrected chi connectivity index (χ0v) is 14.8. The average molecular weight is 344 g/mol. The van der Waals surface area contributed by atoms with Crippen molar-refractivity contribution in [2.24, 2.45) is 5.41 Å². The maximum Gasteiger partial charge on any atom is 0.241 e. The lowest BCUT2D eigenvalue weighted by molar-refractivity contribution is 0.167. The summed E-state index contributed by atoms with van der Waals surface area (Å²) in [5.41, 5.74) is 4.26. The summed E-state index contributed by atoms with van der Waals surface area (Å²) in [6.45, 7) is 4.58. The monoisotopic (exact) mass is 344 g/mol. The van der Waals surface area contributed by atoms with Crippen molar-refractivity contribution in [2.45, 2.75) is 32.7 Å². The van der Waals surface area contributed by atoms with Crippen molar-refractivity contribution in [3.63, 3.8) is 0 Å². The highest BCUT2D eigenvalue weighted by atomic mass is 15.3. The molecule has 0 atom stereocenters. The van der Waals surface area contributed by atoms with Gasteiger partial charge in [-0.15, -0.1) is 5.10 Å². The van der Waals surface area contributed by atoms with Gasteiger partial charge in [0.05, 0.1) is 11.7 Å². The average Bonchev–Trinajstić information content (AvgIpc) is 3.03. The molecule has 130 valence electrons. The molecule has 6 heteroatoms. The van der Waals surface area contributed by atoms with E-state index in [0.717, 1.165) is 40.5 Å². The SMILES string of the molecule is CC1(C)CC(Nc2ncc3c(-c4cnc5ncccc5c4)ccn3n2)C1. The molecule has 6 nitrogen and oxygen atoms in total. The van der Waals surface area contributed by atoms with Gasteiger partial charge < -0.3 is 5.32 Å². The minimum Gasteiger partial charge on any atom is -0.350 e. The van der Waals surface area contributed by atoms with Crippen LogP contribution in [0.3, 0.4) is 0 Å². The Balaban J connectivity index is 1.47. The first kappa shape index (κ1) is 15.3. The van der Waals surface area contributed by atoms with Crippen LogP contribution >= 0.6 is 0 Å². The van der Waals surface area contributed by atoms with E-state index in [9.17, 15) is 0 Å². The van der Waals surface area contributed by atoms with Crippen molar-refractivity contribution in [1.29, 1.82) is 0 Å². The van der Waals surface area contributed by atoms with Crippen LogP contribution in [0.25, 0.3) is 27.7 Å². The van der Waals surface area contributed by atoms with Gasteiger partial charge in [0.1, 0.15) is 0 Å². The molecule has 1 fully saturated rings. The summed E-state index contributed by atoms with van der Waals surface area (Å²) in [6.07, 6.45) is 9.77. The van der Waals surface area contributed by atoms with Gasteiger partial charge in [-0.1, -0.05) is 13.8 Å². The minimum absolute atomic E-state index is 0.431. The van der Waals surface area contributed by atoms with Gasteiger partial charge in [0.25, 0.3) is 0 Å². The second-order valence-corrected chi connectivity index (χ2v) is 7.83. The minimum atomic E-state index is 0.431. The van der Waals surface area contributed by atoms with Gasteiger partial charge in [-0.2, -0.15) is 0 Å². The third kappa shape index (κ3) is 2.58. The molecule has 1 saturated carbocycles. The molecule has 26 heavy (non-hydrogen) atoms. The summed E-state index contributed by atoms with van der Waals surface area (Å²) in [7, 11) is 0. The van der Waals surface area contributed by atoms with Gasteiger partial charge >= 0.3 is 0 Å². The van der Waals surface area contributed by atoms with Crippen LogP contribution in [0.1, 0.15) is 26.7 Å². The van der Waals surface area contributed by atoms with E-state index in [2.05, 4.69) is 51.3 Å². The first-order valence-electron chi connectivity index (χ1n) is 8.90. The molecule has 5 rings (SSSR count). The zero-order chi connectivity index (χ0) is 17.7. The van der Waals surface area contributed by atoms with Crippen LogP contribution in [0.5, 0.6) is 0 Å². The number of rotatable bonds is 3. The molecule has 4 heterocycles. The first-order valence-corrected chi connectivity index (χ1v) is 8.90. The highest BCUT2D eigenvalue weighted by Crippen LogP contribution is 2.41. The normalized spacial score (nSPS) is 16.7. The molecule has 1 aliphatic rings. The Hall–Kier alpha value is -3.02. The first-order chi connectivity index (χ1) is 12.6. The molecule has 0 radical (unpaired) electrons. The standard InChI is InChI=1S/C20H20N6/c1-20(2)9-15(10-20)24-19-23-12-17-16(5-7-26(17)25-19)14-8-13-4-3-6-21-18(13)22-11-14/h3-8,11-12,15H,9-10H2,1-2H3,(H,24,25). The number of anilines is 1. The Kier molecular flexibility index (Phi) is 3.22. The van der Waals surface area contributed by atoms with Crippen LogP contribution in [0.2, 0.25) is 0 Å². The number of hydrogen-bond acceptors (Lipinski definition) is 5. The van der Waals surface area contributed by atoms with Crippen LogP contribution in [0, 0.1) is 5.41 Å². The Bertz CT molecular complexity index is 1110. The molecule has 0 unspecified atom stereocenters. The topological polar surface area (TPSA) is 68.0 Å². The van der Waals surface area contributed by atoms with Crippen molar-refractivity contribution in [3.05, 3.63) is 49.1 Å².